The third-order valence-corrected chi connectivity index (χ3v) is 3.06. The van der Waals surface area contributed by atoms with Crippen LogP contribution in [0.5, 0.6) is 0 Å². The lowest BCUT2D eigenvalue weighted by Gasteiger charge is -2.14. The van der Waals surface area contributed by atoms with Crippen LogP contribution in [0, 0.1) is 5.92 Å². The highest BCUT2D eigenvalue weighted by atomic mass is 16.3. The molecule has 0 spiro atoms. The van der Waals surface area contributed by atoms with Crippen LogP contribution in [0.4, 0.5) is 0 Å². The fraction of sp³-hybridized carbons (Fsp3) is 0.615. The van der Waals surface area contributed by atoms with E-state index in [2.05, 4.69) is 29.2 Å². The van der Waals surface area contributed by atoms with E-state index in [-0.39, 0.29) is 12.1 Å². The van der Waals surface area contributed by atoms with Crippen molar-refractivity contribution in [1.29, 1.82) is 0 Å². The smallest absolute Gasteiger partial charge is 0.264 e. The molecule has 0 saturated carbocycles. The minimum atomic E-state index is -0.623. The number of hydrogen-bond acceptors (Lipinski definition) is 5. The standard InChI is InChI=1S/C13H21N5O2/c1-9(2)4-14-5-10(19)7-18-8-15-12-11(13(18)20)6-16-17(12)3/h6,8-10,14,19H,4-5,7H2,1-3H3. The van der Waals surface area contributed by atoms with E-state index in [4.69, 9.17) is 0 Å². The zero-order chi connectivity index (χ0) is 14.7. The van der Waals surface area contributed by atoms with E-state index in [0.717, 1.165) is 6.54 Å². The summed E-state index contributed by atoms with van der Waals surface area (Å²) in [5.74, 6) is 0.526. The summed E-state index contributed by atoms with van der Waals surface area (Å²) in [4.78, 5) is 16.4. The van der Waals surface area contributed by atoms with Gasteiger partial charge in [-0.15, -0.1) is 0 Å². The predicted molar refractivity (Wildman–Crippen MR) is 76.5 cm³/mol. The molecular formula is C13H21N5O2. The highest BCUT2D eigenvalue weighted by molar-refractivity contribution is 5.72. The molecule has 0 radical (unpaired) electrons. The van der Waals surface area contributed by atoms with E-state index >= 15 is 0 Å². The molecule has 2 aromatic rings. The maximum Gasteiger partial charge on any atom is 0.264 e. The molecule has 0 fully saturated rings. The molecule has 0 saturated heterocycles. The van der Waals surface area contributed by atoms with Gasteiger partial charge >= 0.3 is 0 Å². The maximum atomic E-state index is 12.2. The molecule has 0 aliphatic carbocycles. The second-order valence-corrected chi connectivity index (χ2v) is 5.41. The van der Waals surface area contributed by atoms with Gasteiger partial charge in [-0.25, -0.2) is 4.98 Å². The highest BCUT2D eigenvalue weighted by Gasteiger charge is 2.11. The molecule has 2 heterocycles. The molecule has 0 aliphatic rings. The molecule has 1 unspecified atom stereocenters. The quantitative estimate of drug-likeness (QED) is 0.761. The van der Waals surface area contributed by atoms with Crippen molar-refractivity contribution < 1.29 is 5.11 Å². The Balaban J connectivity index is 2.06. The van der Waals surface area contributed by atoms with E-state index < -0.39 is 6.10 Å². The Morgan fingerprint density at radius 2 is 2.15 bits per heavy atom. The molecule has 0 bridgehead atoms. The van der Waals surface area contributed by atoms with Crippen LogP contribution in [0.15, 0.2) is 17.3 Å². The van der Waals surface area contributed by atoms with Crippen molar-refractivity contribution in [3.05, 3.63) is 22.9 Å². The minimum absolute atomic E-state index is 0.175. The van der Waals surface area contributed by atoms with E-state index in [9.17, 15) is 9.90 Å². The largest absolute Gasteiger partial charge is 0.390 e. The Kier molecular flexibility index (Phi) is 4.51. The summed E-state index contributed by atoms with van der Waals surface area (Å²) in [5, 5.41) is 17.6. The van der Waals surface area contributed by atoms with Gasteiger partial charge in [0.1, 0.15) is 11.7 Å². The van der Waals surface area contributed by atoms with Crippen molar-refractivity contribution in [3.8, 4) is 0 Å². The first-order valence-corrected chi connectivity index (χ1v) is 6.75. The first kappa shape index (κ1) is 14.7. The van der Waals surface area contributed by atoms with Crippen molar-refractivity contribution in [3.63, 3.8) is 0 Å². The van der Waals surface area contributed by atoms with Gasteiger partial charge in [0.15, 0.2) is 5.65 Å². The van der Waals surface area contributed by atoms with Crippen LogP contribution in [-0.2, 0) is 13.6 Å². The molecule has 7 nitrogen and oxygen atoms in total. The number of rotatable bonds is 6. The van der Waals surface area contributed by atoms with Crippen LogP contribution in [-0.4, -0.2) is 43.6 Å². The molecule has 2 rings (SSSR count). The molecule has 2 aromatic heterocycles. The Morgan fingerprint density at radius 3 is 2.85 bits per heavy atom. The summed E-state index contributed by atoms with van der Waals surface area (Å²) < 4.78 is 2.98. The summed E-state index contributed by atoms with van der Waals surface area (Å²) in [6, 6.07) is 0. The van der Waals surface area contributed by atoms with Gasteiger partial charge in [0.25, 0.3) is 5.56 Å². The number of aromatic nitrogens is 4. The summed E-state index contributed by atoms with van der Waals surface area (Å²) in [5.41, 5.74) is 0.379. The van der Waals surface area contributed by atoms with Crippen molar-refractivity contribution >= 4 is 11.0 Å². The molecule has 20 heavy (non-hydrogen) atoms. The van der Waals surface area contributed by atoms with Gasteiger partial charge < -0.3 is 10.4 Å². The molecule has 0 aliphatic heterocycles. The summed E-state index contributed by atoms with van der Waals surface area (Å²) >= 11 is 0. The molecule has 7 heteroatoms. The normalized spacial score (nSPS) is 13.2. The zero-order valence-corrected chi connectivity index (χ0v) is 12.1. The fourth-order valence-electron chi connectivity index (χ4n) is 2.03. The lowest BCUT2D eigenvalue weighted by atomic mass is 10.2. The van der Waals surface area contributed by atoms with E-state index in [1.807, 2.05) is 0 Å². The van der Waals surface area contributed by atoms with Crippen LogP contribution in [0.1, 0.15) is 13.8 Å². The molecule has 110 valence electrons. The summed E-state index contributed by atoms with van der Waals surface area (Å²) in [6.07, 6.45) is 2.34. The number of aryl methyl sites for hydroxylation is 1. The fourth-order valence-corrected chi connectivity index (χ4v) is 2.03. The topological polar surface area (TPSA) is 85.0 Å². The molecule has 0 aromatic carbocycles. The van der Waals surface area contributed by atoms with Gasteiger partial charge in [-0.1, -0.05) is 13.8 Å². The second kappa shape index (κ2) is 6.15. The first-order valence-electron chi connectivity index (χ1n) is 6.75. The van der Waals surface area contributed by atoms with Crippen LogP contribution in [0.2, 0.25) is 0 Å². The zero-order valence-electron chi connectivity index (χ0n) is 12.1. The average Bonchev–Trinajstić information content (AvgIpc) is 2.75. The highest BCUT2D eigenvalue weighted by Crippen LogP contribution is 2.03. The van der Waals surface area contributed by atoms with Gasteiger partial charge in [-0.2, -0.15) is 5.10 Å². The number of nitrogens with zero attached hydrogens (tertiary/aromatic N) is 4. The third-order valence-electron chi connectivity index (χ3n) is 3.06. The lowest BCUT2D eigenvalue weighted by molar-refractivity contribution is 0.149. The number of fused-ring (bicyclic) bond motifs is 1. The molecule has 0 amide bonds. The van der Waals surface area contributed by atoms with Gasteiger partial charge in [0, 0.05) is 13.6 Å². The minimum Gasteiger partial charge on any atom is -0.390 e. The van der Waals surface area contributed by atoms with Crippen LogP contribution < -0.4 is 10.9 Å². The summed E-state index contributed by atoms with van der Waals surface area (Å²) in [7, 11) is 1.74. The average molecular weight is 279 g/mol. The van der Waals surface area contributed by atoms with Crippen molar-refractivity contribution in [1.82, 2.24) is 24.6 Å². The predicted octanol–water partition coefficient (Wildman–Crippen LogP) is -0.263. The second-order valence-electron chi connectivity index (χ2n) is 5.41. The first-order chi connectivity index (χ1) is 9.49. The van der Waals surface area contributed by atoms with Crippen LogP contribution in [0.25, 0.3) is 11.0 Å². The SMILES string of the molecule is CC(C)CNCC(O)Cn1cnc2c(cnn2C)c1=O. The van der Waals surface area contributed by atoms with Crippen LogP contribution >= 0.6 is 0 Å². The van der Waals surface area contributed by atoms with Crippen molar-refractivity contribution in [2.75, 3.05) is 13.1 Å². The van der Waals surface area contributed by atoms with Crippen molar-refractivity contribution in [2.24, 2.45) is 13.0 Å². The number of nitrogens with one attached hydrogen (secondary N) is 1. The molecule has 2 N–H and O–H groups in total. The number of aliphatic hydroxyl groups excluding tert-OH is 1. The number of aliphatic hydroxyl groups is 1. The van der Waals surface area contributed by atoms with Gasteiger partial charge in [-0.05, 0) is 12.5 Å². The van der Waals surface area contributed by atoms with E-state index in [1.54, 1.807) is 11.7 Å². The third kappa shape index (κ3) is 3.23. The van der Waals surface area contributed by atoms with E-state index in [0.29, 0.717) is 23.5 Å². The lowest BCUT2D eigenvalue weighted by Crippen LogP contribution is -2.35. The Labute approximate surface area is 117 Å². The van der Waals surface area contributed by atoms with Gasteiger partial charge in [0.05, 0.1) is 18.8 Å². The molecular weight excluding hydrogens is 258 g/mol. The monoisotopic (exact) mass is 279 g/mol. The summed E-state index contributed by atoms with van der Waals surface area (Å²) in [6.45, 7) is 5.72. The number of hydrogen-bond donors (Lipinski definition) is 2. The van der Waals surface area contributed by atoms with E-state index in [1.165, 1.54) is 17.1 Å². The Morgan fingerprint density at radius 1 is 1.40 bits per heavy atom. The Hall–Kier alpha value is -1.73. The Bertz CT molecular complexity index is 631. The van der Waals surface area contributed by atoms with Gasteiger partial charge in [-0.3, -0.25) is 14.0 Å². The maximum absolute atomic E-state index is 12.2. The van der Waals surface area contributed by atoms with Crippen molar-refractivity contribution in [2.45, 2.75) is 26.5 Å². The molecule has 1 atom stereocenters. The van der Waals surface area contributed by atoms with Crippen LogP contribution in [0.3, 0.4) is 0 Å². The van der Waals surface area contributed by atoms with Gasteiger partial charge in [0.2, 0.25) is 0 Å².